The zero-order chi connectivity index (χ0) is 29.7. The summed E-state index contributed by atoms with van der Waals surface area (Å²) >= 11 is 5.97. The molecular weight excluding hydrogens is 576 g/mol. The van der Waals surface area contributed by atoms with Gasteiger partial charge in [-0.1, -0.05) is 41.1 Å². The van der Waals surface area contributed by atoms with E-state index in [9.17, 15) is 18.3 Å². The zero-order valence-electron chi connectivity index (χ0n) is 23.0. The van der Waals surface area contributed by atoms with E-state index in [1.165, 1.54) is 0 Å². The highest BCUT2D eigenvalue weighted by Gasteiger charge is 2.33. The molecule has 0 saturated heterocycles. The molecule has 2 heterocycles. The third-order valence-corrected chi connectivity index (χ3v) is 8.43. The number of hydrogen-bond acceptors (Lipinski definition) is 10. The van der Waals surface area contributed by atoms with Gasteiger partial charge in [-0.15, -0.1) is 5.10 Å². The van der Waals surface area contributed by atoms with Crippen molar-refractivity contribution < 1.29 is 37.1 Å². The van der Waals surface area contributed by atoms with Crippen LogP contribution in [0.5, 0.6) is 0 Å². The predicted molar refractivity (Wildman–Crippen MR) is 150 cm³/mol. The third kappa shape index (κ3) is 6.99. The molecule has 0 radical (unpaired) electrons. The second kappa shape index (κ2) is 13.2. The number of aromatic nitrogens is 3. The van der Waals surface area contributed by atoms with Gasteiger partial charge >= 0.3 is 22.2 Å². The van der Waals surface area contributed by atoms with E-state index in [2.05, 4.69) is 14.5 Å². The normalized spacial score (nSPS) is 16.1. The van der Waals surface area contributed by atoms with Crippen molar-refractivity contribution >= 4 is 38.9 Å². The lowest BCUT2D eigenvalue weighted by Crippen LogP contribution is -2.37. The Morgan fingerprint density at radius 1 is 1.22 bits per heavy atom. The van der Waals surface area contributed by atoms with Gasteiger partial charge in [-0.25, -0.2) is 4.68 Å². The predicted octanol–water partition coefficient (Wildman–Crippen LogP) is 3.19. The molecule has 1 unspecified atom stereocenters. The van der Waals surface area contributed by atoms with Gasteiger partial charge in [-0.05, 0) is 54.7 Å². The Kier molecular flexibility index (Phi) is 9.87. The summed E-state index contributed by atoms with van der Waals surface area (Å²) in [6, 6.07) is 9.47. The molecule has 1 aliphatic heterocycles. The van der Waals surface area contributed by atoms with Crippen LogP contribution in [0.15, 0.2) is 41.3 Å². The van der Waals surface area contributed by atoms with E-state index in [1.807, 2.05) is 44.2 Å². The van der Waals surface area contributed by atoms with Gasteiger partial charge in [0, 0.05) is 12.5 Å². The molecule has 0 spiro atoms. The van der Waals surface area contributed by atoms with E-state index in [1.54, 1.807) is 11.6 Å². The molecule has 2 aromatic carbocycles. The van der Waals surface area contributed by atoms with Crippen LogP contribution >= 0.6 is 11.6 Å². The first-order valence-corrected chi connectivity index (χ1v) is 14.8. The SMILES string of the molecule is CCOC(=O)CC(c1ccc(C)c(CN2CC(Cl)=C(O)OS2(=O)=O)c1)c1ccc2c(nnn2CCOCCO)c1C. The van der Waals surface area contributed by atoms with Crippen LogP contribution in [0.4, 0.5) is 0 Å². The fourth-order valence-electron chi connectivity index (χ4n) is 4.74. The molecule has 2 N–H and O–H groups in total. The maximum absolute atomic E-state index is 12.7. The van der Waals surface area contributed by atoms with Gasteiger partial charge in [0.15, 0.2) is 0 Å². The first-order valence-electron chi connectivity index (χ1n) is 13.1. The van der Waals surface area contributed by atoms with Crippen molar-refractivity contribution in [3.8, 4) is 0 Å². The van der Waals surface area contributed by atoms with Crippen molar-refractivity contribution in [1.82, 2.24) is 19.3 Å². The van der Waals surface area contributed by atoms with Crippen LogP contribution in [0.3, 0.4) is 0 Å². The molecule has 0 aliphatic carbocycles. The van der Waals surface area contributed by atoms with E-state index in [0.29, 0.717) is 24.2 Å². The summed E-state index contributed by atoms with van der Waals surface area (Å²) in [5.74, 6) is -1.62. The summed E-state index contributed by atoms with van der Waals surface area (Å²) in [6.45, 7) is 6.49. The summed E-state index contributed by atoms with van der Waals surface area (Å²) in [7, 11) is -4.24. The average molecular weight is 609 g/mol. The minimum atomic E-state index is -4.24. The van der Waals surface area contributed by atoms with Gasteiger partial charge < -0.3 is 23.9 Å². The fourth-order valence-corrected chi connectivity index (χ4v) is 6.03. The number of aryl methyl sites for hydroxylation is 2. The number of halogens is 1. The van der Waals surface area contributed by atoms with Crippen molar-refractivity contribution in [3.63, 3.8) is 0 Å². The van der Waals surface area contributed by atoms with Crippen LogP contribution in [-0.4, -0.2) is 76.9 Å². The van der Waals surface area contributed by atoms with Crippen LogP contribution < -0.4 is 0 Å². The van der Waals surface area contributed by atoms with Gasteiger partial charge in [0.1, 0.15) is 10.5 Å². The molecule has 12 nitrogen and oxygen atoms in total. The Labute approximate surface area is 243 Å². The number of nitrogens with zero attached hydrogens (tertiary/aromatic N) is 4. The molecule has 0 bridgehead atoms. The fraction of sp³-hybridized carbons (Fsp3) is 0.444. The number of carbonyl (C=O) groups is 1. The molecule has 222 valence electrons. The zero-order valence-corrected chi connectivity index (χ0v) is 24.6. The number of aliphatic hydroxyl groups excluding tert-OH is 2. The standard InChI is InChI=1S/C27H33ClN4O8S/c1-4-39-25(34)14-22(21-7-8-24-26(18(21)3)29-30-32(24)9-11-38-12-10-33)19-6-5-17(2)20(13-19)15-31-16-23(28)27(35)40-41(31,36)37/h5-8,13,22,33,35H,4,9-12,14-16H2,1-3H3. The monoisotopic (exact) mass is 608 g/mol. The maximum Gasteiger partial charge on any atom is 0.388 e. The lowest BCUT2D eigenvalue weighted by molar-refractivity contribution is -0.143. The topological polar surface area (TPSA) is 153 Å². The molecular formula is C27H33ClN4O8S. The summed E-state index contributed by atoms with van der Waals surface area (Å²) in [5, 5.41) is 27.1. The molecule has 1 aliphatic rings. The minimum absolute atomic E-state index is 0.0532. The van der Waals surface area contributed by atoms with Crippen molar-refractivity contribution in [2.24, 2.45) is 0 Å². The molecule has 3 aromatic rings. The Bertz CT molecular complexity index is 1560. The molecule has 1 aromatic heterocycles. The second-order valence-electron chi connectivity index (χ2n) is 9.56. The molecule has 41 heavy (non-hydrogen) atoms. The minimum Gasteiger partial charge on any atom is -0.479 e. The van der Waals surface area contributed by atoms with Crippen LogP contribution in [0.1, 0.15) is 47.1 Å². The molecule has 1 atom stereocenters. The van der Waals surface area contributed by atoms with E-state index in [0.717, 1.165) is 32.1 Å². The van der Waals surface area contributed by atoms with Crippen LogP contribution in [0.2, 0.25) is 0 Å². The summed E-state index contributed by atoms with van der Waals surface area (Å²) in [6.07, 6.45) is 0.0549. The highest BCUT2D eigenvalue weighted by molar-refractivity contribution is 7.84. The molecule has 0 fully saturated rings. The number of benzene rings is 2. The molecule has 0 saturated carbocycles. The first kappa shape index (κ1) is 30.7. The van der Waals surface area contributed by atoms with E-state index >= 15 is 0 Å². The van der Waals surface area contributed by atoms with Crippen molar-refractivity contribution in [1.29, 1.82) is 0 Å². The highest BCUT2D eigenvalue weighted by Crippen LogP contribution is 2.35. The van der Waals surface area contributed by atoms with Crippen molar-refractivity contribution in [2.75, 3.05) is 33.0 Å². The number of aliphatic hydroxyl groups is 2. The maximum atomic E-state index is 12.7. The van der Waals surface area contributed by atoms with Crippen LogP contribution in [0, 0.1) is 13.8 Å². The van der Waals surface area contributed by atoms with Crippen LogP contribution in [-0.2, 0) is 41.8 Å². The van der Waals surface area contributed by atoms with E-state index in [-0.39, 0.29) is 50.3 Å². The number of ether oxygens (including phenoxy) is 2. The van der Waals surface area contributed by atoms with Gasteiger partial charge in [0.2, 0.25) is 0 Å². The van der Waals surface area contributed by atoms with E-state index < -0.39 is 22.2 Å². The second-order valence-corrected chi connectivity index (χ2v) is 11.6. The number of carbonyl (C=O) groups excluding carboxylic acids is 1. The number of hydrogen-bond donors (Lipinski definition) is 2. The quantitative estimate of drug-likeness (QED) is 0.231. The summed E-state index contributed by atoms with van der Waals surface area (Å²) < 4.78 is 43.1. The number of fused-ring (bicyclic) bond motifs is 1. The third-order valence-electron chi connectivity index (χ3n) is 6.89. The summed E-state index contributed by atoms with van der Waals surface area (Å²) in [4.78, 5) is 12.7. The van der Waals surface area contributed by atoms with Crippen LogP contribution in [0.25, 0.3) is 11.0 Å². The Hall–Kier alpha value is -3.23. The highest BCUT2D eigenvalue weighted by atomic mass is 35.5. The smallest absolute Gasteiger partial charge is 0.388 e. The molecule has 0 amide bonds. The molecule has 14 heteroatoms. The van der Waals surface area contributed by atoms with Gasteiger partial charge in [0.05, 0.1) is 51.5 Å². The largest absolute Gasteiger partial charge is 0.479 e. The number of esters is 1. The number of rotatable bonds is 12. The van der Waals surface area contributed by atoms with Crippen molar-refractivity contribution in [2.45, 2.75) is 46.2 Å². The first-order chi connectivity index (χ1) is 19.6. The Morgan fingerprint density at radius 3 is 2.73 bits per heavy atom. The Morgan fingerprint density at radius 2 is 2.00 bits per heavy atom. The molecule has 4 rings (SSSR count). The van der Waals surface area contributed by atoms with Crippen molar-refractivity contribution in [3.05, 3.63) is 69.1 Å². The van der Waals surface area contributed by atoms with Gasteiger partial charge in [-0.3, -0.25) is 4.79 Å². The Balaban J connectivity index is 1.70. The average Bonchev–Trinajstić information content (AvgIpc) is 3.34. The lowest BCUT2D eigenvalue weighted by atomic mass is 9.84. The summed E-state index contributed by atoms with van der Waals surface area (Å²) in [5.41, 5.74) is 5.49. The lowest BCUT2D eigenvalue weighted by Gasteiger charge is -2.26. The van der Waals surface area contributed by atoms with Gasteiger partial charge in [-0.2, -0.15) is 12.7 Å². The van der Waals surface area contributed by atoms with E-state index in [4.69, 9.17) is 26.2 Å². The van der Waals surface area contributed by atoms with Gasteiger partial charge in [0.25, 0.3) is 0 Å².